The molecule has 0 saturated carbocycles. The Labute approximate surface area is 115 Å². The highest BCUT2D eigenvalue weighted by molar-refractivity contribution is 5.81. The van der Waals surface area contributed by atoms with Crippen LogP contribution in [0.25, 0.3) is 0 Å². The zero-order chi connectivity index (χ0) is 14.1. The number of hydrogen-bond acceptors (Lipinski definition) is 3. The van der Waals surface area contributed by atoms with Crippen LogP contribution in [0.3, 0.4) is 0 Å². The lowest BCUT2D eigenvalue weighted by Gasteiger charge is -2.17. The SMILES string of the molecule is CCCCC(CC)CNC(=O)[C@@H](N)Cc1cnc[nH]1. The van der Waals surface area contributed by atoms with Gasteiger partial charge in [-0.1, -0.05) is 33.1 Å². The molecule has 4 N–H and O–H groups in total. The molecule has 1 rings (SSSR count). The average molecular weight is 266 g/mol. The molecule has 19 heavy (non-hydrogen) atoms. The van der Waals surface area contributed by atoms with Crippen LogP contribution in [0.1, 0.15) is 45.2 Å². The fraction of sp³-hybridized carbons (Fsp3) is 0.714. The molecule has 0 fully saturated rings. The molecule has 5 heteroatoms. The fourth-order valence-corrected chi connectivity index (χ4v) is 2.05. The van der Waals surface area contributed by atoms with E-state index in [4.69, 9.17) is 5.73 Å². The van der Waals surface area contributed by atoms with E-state index >= 15 is 0 Å². The first kappa shape index (κ1) is 15.7. The van der Waals surface area contributed by atoms with Crippen LogP contribution >= 0.6 is 0 Å². The van der Waals surface area contributed by atoms with Crippen LogP contribution in [0.4, 0.5) is 0 Å². The molecular weight excluding hydrogens is 240 g/mol. The summed E-state index contributed by atoms with van der Waals surface area (Å²) < 4.78 is 0. The van der Waals surface area contributed by atoms with Crippen molar-refractivity contribution >= 4 is 5.91 Å². The van der Waals surface area contributed by atoms with E-state index in [9.17, 15) is 4.79 Å². The Morgan fingerprint density at radius 2 is 2.32 bits per heavy atom. The zero-order valence-electron chi connectivity index (χ0n) is 12.0. The second kappa shape index (κ2) is 8.69. The average Bonchev–Trinajstić information content (AvgIpc) is 2.91. The summed E-state index contributed by atoms with van der Waals surface area (Å²) in [4.78, 5) is 18.8. The van der Waals surface area contributed by atoms with Crippen molar-refractivity contribution in [3.8, 4) is 0 Å². The second-order valence-corrected chi connectivity index (χ2v) is 5.05. The number of nitrogens with one attached hydrogen (secondary N) is 2. The molecule has 1 aromatic heterocycles. The number of hydrogen-bond donors (Lipinski definition) is 3. The van der Waals surface area contributed by atoms with E-state index in [0.717, 1.165) is 18.7 Å². The Morgan fingerprint density at radius 3 is 2.89 bits per heavy atom. The van der Waals surface area contributed by atoms with Crippen molar-refractivity contribution in [2.24, 2.45) is 11.7 Å². The highest BCUT2D eigenvalue weighted by atomic mass is 16.2. The van der Waals surface area contributed by atoms with Crippen LogP contribution in [-0.2, 0) is 11.2 Å². The number of nitrogens with zero attached hydrogens (tertiary/aromatic N) is 1. The molecule has 0 saturated heterocycles. The highest BCUT2D eigenvalue weighted by Gasteiger charge is 2.16. The Balaban J connectivity index is 2.29. The Kier molecular flexibility index (Phi) is 7.18. The van der Waals surface area contributed by atoms with Crippen molar-refractivity contribution in [1.82, 2.24) is 15.3 Å². The number of carbonyl (C=O) groups excluding carboxylic acids is 1. The summed E-state index contributed by atoms with van der Waals surface area (Å²) in [5.74, 6) is 0.479. The summed E-state index contributed by atoms with van der Waals surface area (Å²) in [6, 6.07) is -0.510. The quantitative estimate of drug-likeness (QED) is 0.635. The van der Waals surface area contributed by atoms with Gasteiger partial charge >= 0.3 is 0 Å². The van der Waals surface area contributed by atoms with E-state index in [1.165, 1.54) is 19.3 Å². The van der Waals surface area contributed by atoms with Gasteiger partial charge in [-0.25, -0.2) is 4.98 Å². The van der Waals surface area contributed by atoms with Crippen molar-refractivity contribution in [3.05, 3.63) is 18.2 Å². The second-order valence-electron chi connectivity index (χ2n) is 5.05. The molecule has 0 aliphatic heterocycles. The van der Waals surface area contributed by atoms with Crippen LogP contribution in [-0.4, -0.2) is 28.5 Å². The van der Waals surface area contributed by atoms with E-state index < -0.39 is 6.04 Å². The molecule has 0 aliphatic rings. The minimum Gasteiger partial charge on any atom is -0.354 e. The molecule has 0 bridgehead atoms. The third-order valence-electron chi connectivity index (χ3n) is 3.44. The first-order valence-corrected chi connectivity index (χ1v) is 7.17. The van der Waals surface area contributed by atoms with E-state index in [0.29, 0.717) is 12.3 Å². The van der Waals surface area contributed by atoms with Gasteiger partial charge in [0.2, 0.25) is 5.91 Å². The number of rotatable bonds is 9. The molecule has 1 heterocycles. The molecule has 5 nitrogen and oxygen atoms in total. The molecule has 1 aromatic rings. The van der Waals surface area contributed by atoms with Gasteiger partial charge in [0.05, 0.1) is 12.4 Å². The molecule has 2 atom stereocenters. The largest absolute Gasteiger partial charge is 0.354 e. The van der Waals surface area contributed by atoms with E-state index in [2.05, 4.69) is 29.1 Å². The van der Waals surface area contributed by atoms with Gasteiger partial charge in [-0.15, -0.1) is 0 Å². The Bertz CT molecular complexity index is 350. The highest BCUT2D eigenvalue weighted by Crippen LogP contribution is 2.11. The standard InChI is InChI=1S/C14H26N4O/c1-3-5-6-11(4-2)8-17-14(19)13(15)7-12-9-16-10-18-12/h9-11,13H,3-8,15H2,1-2H3,(H,16,18)(H,17,19)/t11?,13-/m0/s1. The molecule has 1 unspecified atom stereocenters. The van der Waals surface area contributed by atoms with Crippen molar-refractivity contribution in [1.29, 1.82) is 0 Å². The first-order chi connectivity index (χ1) is 9.17. The fourth-order valence-electron chi connectivity index (χ4n) is 2.05. The van der Waals surface area contributed by atoms with Gasteiger partial charge in [0, 0.05) is 24.9 Å². The van der Waals surface area contributed by atoms with Crippen molar-refractivity contribution < 1.29 is 4.79 Å². The van der Waals surface area contributed by atoms with Gasteiger partial charge in [0.1, 0.15) is 0 Å². The maximum Gasteiger partial charge on any atom is 0.237 e. The number of aromatic amines is 1. The molecule has 108 valence electrons. The minimum atomic E-state index is -0.510. The smallest absolute Gasteiger partial charge is 0.237 e. The van der Waals surface area contributed by atoms with Gasteiger partial charge in [-0.2, -0.15) is 0 Å². The normalized spacial score (nSPS) is 14.1. The maximum absolute atomic E-state index is 11.9. The Hall–Kier alpha value is -1.36. The third-order valence-corrected chi connectivity index (χ3v) is 3.44. The lowest BCUT2D eigenvalue weighted by atomic mass is 9.99. The van der Waals surface area contributed by atoms with Gasteiger partial charge in [0.25, 0.3) is 0 Å². The van der Waals surface area contributed by atoms with Gasteiger partial charge in [-0.05, 0) is 12.3 Å². The van der Waals surface area contributed by atoms with E-state index in [-0.39, 0.29) is 5.91 Å². The van der Waals surface area contributed by atoms with Crippen LogP contribution in [0.5, 0.6) is 0 Å². The summed E-state index contributed by atoms with van der Waals surface area (Å²) in [5, 5.41) is 2.96. The van der Waals surface area contributed by atoms with Gasteiger partial charge in [0.15, 0.2) is 0 Å². The van der Waals surface area contributed by atoms with Gasteiger partial charge in [-0.3, -0.25) is 4.79 Å². The molecule has 1 amide bonds. The van der Waals surface area contributed by atoms with E-state index in [1.54, 1.807) is 12.5 Å². The number of H-pyrrole nitrogens is 1. The molecule has 0 radical (unpaired) electrons. The number of unbranched alkanes of at least 4 members (excludes halogenated alkanes) is 1. The van der Waals surface area contributed by atoms with Crippen LogP contribution < -0.4 is 11.1 Å². The lowest BCUT2D eigenvalue weighted by Crippen LogP contribution is -2.43. The van der Waals surface area contributed by atoms with Crippen molar-refractivity contribution in [2.75, 3.05) is 6.54 Å². The van der Waals surface area contributed by atoms with Crippen LogP contribution in [0.2, 0.25) is 0 Å². The summed E-state index contributed by atoms with van der Waals surface area (Å²) in [6.45, 7) is 5.08. The molecule has 0 aromatic carbocycles. The number of imidazole rings is 1. The number of carbonyl (C=O) groups is 1. The number of nitrogens with two attached hydrogens (primary N) is 1. The molecular formula is C14H26N4O. The van der Waals surface area contributed by atoms with Crippen LogP contribution in [0.15, 0.2) is 12.5 Å². The van der Waals surface area contributed by atoms with E-state index in [1.807, 2.05) is 0 Å². The van der Waals surface area contributed by atoms with Crippen molar-refractivity contribution in [3.63, 3.8) is 0 Å². The molecule has 0 aliphatic carbocycles. The minimum absolute atomic E-state index is 0.0791. The van der Waals surface area contributed by atoms with Crippen molar-refractivity contribution in [2.45, 2.75) is 52.0 Å². The first-order valence-electron chi connectivity index (χ1n) is 7.17. The molecule has 0 spiro atoms. The lowest BCUT2D eigenvalue weighted by molar-refractivity contribution is -0.122. The zero-order valence-corrected chi connectivity index (χ0v) is 12.0. The summed E-state index contributed by atoms with van der Waals surface area (Å²) in [5.41, 5.74) is 6.77. The van der Waals surface area contributed by atoms with Crippen LogP contribution in [0, 0.1) is 5.92 Å². The third kappa shape index (κ3) is 5.87. The predicted molar refractivity (Wildman–Crippen MR) is 76.6 cm³/mol. The maximum atomic E-state index is 11.9. The van der Waals surface area contributed by atoms with Gasteiger partial charge < -0.3 is 16.0 Å². The summed E-state index contributed by atoms with van der Waals surface area (Å²) >= 11 is 0. The Morgan fingerprint density at radius 1 is 1.53 bits per heavy atom. The number of amides is 1. The topological polar surface area (TPSA) is 83.8 Å². The monoisotopic (exact) mass is 266 g/mol. The number of aromatic nitrogens is 2. The predicted octanol–water partition coefficient (Wildman–Crippen LogP) is 1.61. The summed E-state index contributed by atoms with van der Waals surface area (Å²) in [7, 11) is 0. The summed E-state index contributed by atoms with van der Waals surface area (Å²) in [6.07, 6.45) is 8.47.